The summed E-state index contributed by atoms with van der Waals surface area (Å²) in [4.78, 5) is 22.6. The highest BCUT2D eigenvalue weighted by Gasteiger charge is 2.15. The standard InChI is InChI=1S/C23H25N5O4S/c1-3-5-15-32-20-12-6-17(7-13-20)22-25-26-23(27(22)14-4-2)33-16-21(29)24-18-8-10-19(11-9-18)28(30)31/h4,6-13H,2-3,5,14-16H2,1H3,(H,24,29). The topological polar surface area (TPSA) is 112 Å². The first-order valence-electron chi connectivity index (χ1n) is 10.5. The van der Waals surface area contributed by atoms with E-state index in [-0.39, 0.29) is 17.3 Å². The smallest absolute Gasteiger partial charge is 0.269 e. The normalized spacial score (nSPS) is 10.6. The number of non-ortho nitro benzene ring substituents is 1. The number of nitrogens with one attached hydrogen (secondary N) is 1. The van der Waals surface area contributed by atoms with E-state index in [2.05, 4.69) is 29.0 Å². The molecule has 9 nitrogen and oxygen atoms in total. The number of nitro groups is 1. The Balaban J connectivity index is 1.64. The van der Waals surface area contributed by atoms with Crippen LogP contribution in [0.5, 0.6) is 5.75 Å². The Morgan fingerprint density at radius 1 is 1.21 bits per heavy atom. The van der Waals surface area contributed by atoms with Gasteiger partial charge in [0.15, 0.2) is 11.0 Å². The molecule has 0 unspecified atom stereocenters. The Hall–Kier alpha value is -3.66. The summed E-state index contributed by atoms with van der Waals surface area (Å²) in [6.45, 7) is 7.10. The lowest BCUT2D eigenvalue weighted by Gasteiger charge is -2.09. The quantitative estimate of drug-likeness (QED) is 0.132. The molecule has 10 heteroatoms. The predicted molar refractivity (Wildman–Crippen MR) is 129 cm³/mol. The van der Waals surface area contributed by atoms with Gasteiger partial charge in [0.1, 0.15) is 5.75 Å². The van der Waals surface area contributed by atoms with E-state index in [1.807, 2.05) is 28.8 Å². The number of nitrogens with zero attached hydrogens (tertiary/aromatic N) is 4. The molecular formula is C23H25N5O4S. The van der Waals surface area contributed by atoms with E-state index in [1.54, 1.807) is 6.08 Å². The summed E-state index contributed by atoms with van der Waals surface area (Å²) in [5.41, 5.74) is 1.34. The number of amides is 1. The van der Waals surface area contributed by atoms with Crippen molar-refractivity contribution in [3.05, 3.63) is 71.3 Å². The van der Waals surface area contributed by atoms with Crippen molar-refractivity contribution in [3.63, 3.8) is 0 Å². The summed E-state index contributed by atoms with van der Waals surface area (Å²) < 4.78 is 7.60. The number of rotatable bonds is 12. The van der Waals surface area contributed by atoms with Crippen molar-refractivity contribution < 1.29 is 14.5 Å². The first kappa shape index (κ1) is 24.0. The molecule has 172 valence electrons. The maximum Gasteiger partial charge on any atom is 0.269 e. The van der Waals surface area contributed by atoms with E-state index in [9.17, 15) is 14.9 Å². The molecule has 1 amide bonds. The Kier molecular flexibility index (Phi) is 8.59. The fourth-order valence-corrected chi connectivity index (χ4v) is 3.68. The number of carbonyl (C=O) groups is 1. The van der Waals surface area contributed by atoms with E-state index in [0.29, 0.717) is 29.8 Å². The summed E-state index contributed by atoms with van der Waals surface area (Å²) in [5, 5.41) is 22.6. The molecule has 3 rings (SSSR count). The van der Waals surface area contributed by atoms with Crippen LogP contribution in [0.2, 0.25) is 0 Å². The highest BCUT2D eigenvalue weighted by atomic mass is 32.2. The molecule has 0 radical (unpaired) electrons. The van der Waals surface area contributed by atoms with Crippen LogP contribution in [-0.4, -0.2) is 38.0 Å². The van der Waals surface area contributed by atoms with Gasteiger partial charge in [0.05, 0.1) is 17.3 Å². The van der Waals surface area contributed by atoms with Crippen molar-refractivity contribution in [3.8, 4) is 17.1 Å². The maximum absolute atomic E-state index is 12.3. The van der Waals surface area contributed by atoms with Crippen LogP contribution < -0.4 is 10.1 Å². The summed E-state index contributed by atoms with van der Waals surface area (Å²) in [6, 6.07) is 13.3. The molecule has 0 fully saturated rings. The Labute approximate surface area is 196 Å². The summed E-state index contributed by atoms with van der Waals surface area (Å²) in [6.07, 6.45) is 3.83. The molecule has 33 heavy (non-hydrogen) atoms. The van der Waals surface area contributed by atoms with Crippen molar-refractivity contribution in [2.75, 3.05) is 17.7 Å². The van der Waals surface area contributed by atoms with Crippen LogP contribution in [0, 0.1) is 10.1 Å². The van der Waals surface area contributed by atoms with Crippen molar-refractivity contribution >= 4 is 29.0 Å². The van der Waals surface area contributed by atoms with Gasteiger partial charge in [-0.25, -0.2) is 0 Å². The number of benzene rings is 2. The molecule has 2 aromatic carbocycles. The van der Waals surface area contributed by atoms with Crippen molar-refractivity contribution in [1.29, 1.82) is 0 Å². The minimum absolute atomic E-state index is 0.0343. The number of nitro benzene ring substituents is 1. The SMILES string of the molecule is C=CCn1c(SCC(=O)Nc2ccc([N+](=O)[O-])cc2)nnc1-c1ccc(OCCCC)cc1. The van der Waals surface area contributed by atoms with Crippen molar-refractivity contribution in [2.45, 2.75) is 31.5 Å². The Morgan fingerprint density at radius 2 is 1.94 bits per heavy atom. The lowest BCUT2D eigenvalue weighted by atomic mass is 10.2. The van der Waals surface area contributed by atoms with E-state index in [4.69, 9.17) is 4.74 Å². The van der Waals surface area contributed by atoms with Crippen LogP contribution in [0.25, 0.3) is 11.4 Å². The van der Waals surface area contributed by atoms with Gasteiger partial charge in [0.2, 0.25) is 5.91 Å². The first-order chi connectivity index (χ1) is 16.0. The lowest BCUT2D eigenvalue weighted by molar-refractivity contribution is -0.384. The third-order valence-corrected chi connectivity index (χ3v) is 5.57. The third kappa shape index (κ3) is 6.66. The molecule has 0 atom stereocenters. The monoisotopic (exact) mass is 467 g/mol. The van der Waals surface area contributed by atoms with E-state index < -0.39 is 4.92 Å². The number of carbonyl (C=O) groups excluding carboxylic acids is 1. The second kappa shape index (κ2) is 11.8. The molecule has 0 saturated heterocycles. The zero-order chi connectivity index (χ0) is 23.6. The molecule has 1 N–H and O–H groups in total. The van der Waals surface area contributed by atoms with Gasteiger partial charge in [-0.2, -0.15) is 0 Å². The largest absolute Gasteiger partial charge is 0.494 e. The third-order valence-electron chi connectivity index (χ3n) is 4.60. The Morgan fingerprint density at radius 3 is 2.58 bits per heavy atom. The van der Waals surface area contributed by atoms with Gasteiger partial charge >= 0.3 is 0 Å². The van der Waals surface area contributed by atoms with Gasteiger partial charge < -0.3 is 10.1 Å². The van der Waals surface area contributed by atoms with Crippen molar-refractivity contribution in [1.82, 2.24) is 14.8 Å². The highest BCUT2D eigenvalue weighted by Crippen LogP contribution is 2.26. The molecule has 0 aliphatic rings. The van der Waals surface area contributed by atoms with Gasteiger partial charge in [-0.15, -0.1) is 16.8 Å². The van der Waals surface area contributed by atoms with Gasteiger partial charge in [0.25, 0.3) is 5.69 Å². The number of hydrogen-bond donors (Lipinski definition) is 1. The molecule has 1 heterocycles. The first-order valence-corrected chi connectivity index (χ1v) is 11.4. The van der Waals surface area contributed by atoms with Crippen LogP contribution in [0.15, 0.2) is 66.3 Å². The summed E-state index contributed by atoms with van der Waals surface area (Å²) in [5.74, 6) is 1.33. The molecular weight excluding hydrogens is 442 g/mol. The molecule has 0 aliphatic carbocycles. The maximum atomic E-state index is 12.3. The fourth-order valence-electron chi connectivity index (χ4n) is 2.93. The lowest BCUT2D eigenvalue weighted by Crippen LogP contribution is -2.14. The number of hydrogen-bond acceptors (Lipinski definition) is 7. The summed E-state index contributed by atoms with van der Waals surface area (Å²) in [7, 11) is 0. The van der Waals surface area contributed by atoms with Crippen LogP contribution in [0.3, 0.4) is 0 Å². The fraction of sp³-hybridized carbons (Fsp3) is 0.261. The van der Waals surface area contributed by atoms with Crippen LogP contribution in [0.4, 0.5) is 11.4 Å². The summed E-state index contributed by atoms with van der Waals surface area (Å²) >= 11 is 1.25. The van der Waals surface area contributed by atoms with Crippen molar-refractivity contribution in [2.24, 2.45) is 0 Å². The van der Waals surface area contributed by atoms with E-state index in [1.165, 1.54) is 36.0 Å². The second-order valence-corrected chi connectivity index (χ2v) is 8.02. The number of aromatic nitrogens is 3. The molecule has 0 spiro atoms. The number of ether oxygens (including phenoxy) is 1. The van der Waals surface area contributed by atoms with Crippen LogP contribution >= 0.6 is 11.8 Å². The minimum atomic E-state index is -0.488. The predicted octanol–water partition coefficient (Wildman–Crippen LogP) is 4.95. The second-order valence-electron chi connectivity index (χ2n) is 7.07. The molecule has 0 aliphatic heterocycles. The van der Waals surface area contributed by atoms with Crippen LogP contribution in [-0.2, 0) is 11.3 Å². The highest BCUT2D eigenvalue weighted by molar-refractivity contribution is 7.99. The molecule has 0 bridgehead atoms. The number of allylic oxidation sites excluding steroid dienone is 1. The van der Waals surface area contributed by atoms with Crippen LogP contribution in [0.1, 0.15) is 19.8 Å². The minimum Gasteiger partial charge on any atom is -0.494 e. The molecule has 0 saturated carbocycles. The zero-order valence-corrected chi connectivity index (χ0v) is 19.1. The average Bonchev–Trinajstić information content (AvgIpc) is 3.21. The van der Waals surface area contributed by atoms with Gasteiger partial charge in [-0.3, -0.25) is 19.5 Å². The van der Waals surface area contributed by atoms with Gasteiger partial charge in [-0.1, -0.05) is 31.2 Å². The number of anilines is 1. The average molecular weight is 468 g/mol. The number of unbranched alkanes of at least 4 members (excludes halogenated alkanes) is 1. The Bertz CT molecular complexity index is 1100. The van der Waals surface area contributed by atoms with Gasteiger partial charge in [-0.05, 0) is 42.8 Å². The zero-order valence-electron chi connectivity index (χ0n) is 18.3. The number of thioether (sulfide) groups is 1. The van der Waals surface area contributed by atoms with E-state index >= 15 is 0 Å². The molecule has 3 aromatic rings. The van der Waals surface area contributed by atoms with Gasteiger partial charge in [0, 0.05) is 29.9 Å². The molecule has 1 aromatic heterocycles. The van der Waals surface area contributed by atoms with E-state index in [0.717, 1.165) is 24.2 Å².